The Kier molecular flexibility index (Phi) is 10.1. The molecule has 4 atom stereocenters. The Morgan fingerprint density at radius 3 is 2.22 bits per heavy atom. The number of aliphatic hydroxyl groups excluding tert-OH is 2. The first kappa shape index (κ1) is 28.8. The molecule has 1 fully saturated rings. The number of nitrogens with zero attached hydrogens (tertiary/aromatic N) is 3. The molecule has 0 unspecified atom stereocenters. The quantitative estimate of drug-likeness (QED) is 0.140. The van der Waals surface area contributed by atoms with E-state index in [1.807, 2.05) is 0 Å². The standard InChI is InChI=1S/C9H15N3O11P2.C5H14NO/c10-5-1-2-12(9(14)11-5)8-6(13)7(23-25(18,19)20)4(22-8)3-21-24(15,16)17;1-6(2,3)4-5-7/h1-2,4,6-8,13H,3H2,(H2,10,11,14)(H2,15,16,17)(H2,18,19,20);7H,4-5H2,1-3H3/q;+1/t4-,6-,7-,8-;/m1./s1. The van der Waals surface area contributed by atoms with Gasteiger partial charge in [-0.05, 0) is 6.07 Å². The van der Waals surface area contributed by atoms with Crippen molar-refractivity contribution in [2.24, 2.45) is 0 Å². The monoisotopic (exact) mass is 507 g/mol. The molecule has 2 heterocycles. The van der Waals surface area contributed by atoms with Crippen molar-refractivity contribution in [1.82, 2.24) is 9.55 Å². The molecule has 0 aromatic carbocycles. The van der Waals surface area contributed by atoms with Gasteiger partial charge in [-0.25, -0.2) is 13.9 Å². The molecule has 186 valence electrons. The summed E-state index contributed by atoms with van der Waals surface area (Å²) in [6.07, 6.45) is -5.45. The Bertz CT molecular complexity index is 894. The molecule has 1 aromatic heterocycles. The highest BCUT2D eigenvalue weighted by Crippen LogP contribution is 2.45. The Labute approximate surface area is 182 Å². The molecule has 32 heavy (non-hydrogen) atoms. The summed E-state index contributed by atoms with van der Waals surface area (Å²) < 4.78 is 37.3. The second-order valence-electron chi connectivity index (χ2n) is 7.68. The number of phosphoric acid groups is 2. The summed E-state index contributed by atoms with van der Waals surface area (Å²) in [6, 6.07) is 1.20. The van der Waals surface area contributed by atoms with Gasteiger partial charge in [0, 0.05) is 6.20 Å². The van der Waals surface area contributed by atoms with Gasteiger partial charge in [-0.2, -0.15) is 4.98 Å². The molecule has 1 aromatic rings. The van der Waals surface area contributed by atoms with Crippen LogP contribution in [0.25, 0.3) is 0 Å². The van der Waals surface area contributed by atoms with Crippen molar-refractivity contribution >= 4 is 21.5 Å². The van der Waals surface area contributed by atoms with E-state index in [-0.39, 0.29) is 12.4 Å². The van der Waals surface area contributed by atoms with Crippen LogP contribution >= 0.6 is 15.6 Å². The van der Waals surface area contributed by atoms with Crippen molar-refractivity contribution in [3.8, 4) is 0 Å². The minimum atomic E-state index is -5.10. The summed E-state index contributed by atoms with van der Waals surface area (Å²) in [5, 5.41) is 18.6. The van der Waals surface area contributed by atoms with Crippen molar-refractivity contribution in [2.75, 3.05) is 46.6 Å². The second kappa shape index (κ2) is 11.2. The van der Waals surface area contributed by atoms with Crippen molar-refractivity contribution in [3.63, 3.8) is 0 Å². The SMILES string of the molecule is C[N+](C)(C)CCO.Nc1ccn([C@@H]2O[C@H](COP(=O)(O)O)[C@@H](OP(=O)(O)O)[C@H]2O)c(=O)n1. The lowest BCUT2D eigenvalue weighted by Gasteiger charge is -2.21. The summed E-state index contributed by atoms with van der Waals surface area (Å²) in [6.45, 7) is 0.239. The average Bonchev–Trinajstić information content (AvgIpc) is 2.87. The van der Waals surface area contributed by atoms with Gasteiger partial charge in [-0.1, -0.05) is 0 Å². The van der Waals surface area contributed by atoms with Gasteiger partial charge in [0.05, 0.1) is 34.4 Å². The third-order valence-electron chi connectivity index (χ3n) is 3.87. The van der Waals surface area contributed by atoms with Crippen LogP contribution in [-0.4, -0.2) is 103 Å². The predicted molar refractivity (Wildman–Crippen MR) is 108 cm³/mol. The maximum Gasteiger partial charge on any atom is 0.470 e. The zero-order valence-electron chi connectivity index (χ0n) is 17.5. The van der Waals surface area contributed by atoms with Crippen LogP contribution in [0.15, 0.2) is 17.1 Å². The minimum absolute atomic E-state index is 0.113. The van der Waals surface area contributed by atoms with E-state index >= 15 is 0 Å². The van der Waals surface area contributed by atoms with Gasteiger partial charge in [0.2, 0.25) is 0 Å². The topological polar surface area (TPSA) is 244 Å². The van der Waals surface area contributed by atoms with Crippen LogP contribution in [0, 0.1) is 0 Å². The highest BCUT2D eigenvalue weighted by Gasteiger charge is 2.49. The van der Waals surface area contributed by atoms with Gasteiger partial charge in [-0.15, -0.1) is 0 Å². The number of hydrogen-bond acceptors (Lipinski definition) is 10. The lowest BCUT2D eigenvalue weighted by Crippen LogP contribution is -2.37. The molecule has 0 radical (unpaired) electrons. The van der Waals surface area contributed by atoms with Crippen molar-refractivity contribution < 1.29 is 57.2 Å². The first-order chi connectivity index (χ1) is 14.4. The molecule has 0 saturated carbocycles. The molecule has 0 aliphatic carbocycles. The Hall–Kier alpha value is -1.26. The number of aromatic nitrogens is 2. The summed E-state index contributed by atoms with van der Waals surface area (Å²) in [5.41, 5.74) is 4.40. The van der Waals surface area contributed by atoms with Gasteiger partial charge in [-0.3, -0.25) is 13.6 Å². The maximum atomic E-state index is 11.8. The molecular weight excluding hydrogens is 478 g/mol. The fraction of sp³-hybridized carbons (Fsp3) is 0.714. The number of quaternary nitrogens is 1. The number of rotatable bonds is 8. The number of anilines is 1. The first-order valence-electron chi connectivity index (χ1n) is 8.97. The van der Waals surface area contributed by atoms with Crippen LogP contribution in [0.2, 0.25) is 0 Å². The Morgan fingerprint density at radius 1 is 1.22 bits per heavy atom. The van der Waals surface area contributed by atoms with Crippen molar-refractivity contribution in [2.45, 2.75) is 24.5 Å². The van der Waals surface area contributed by atoms with Crippen LogP contribution in [0.4, 0.5) is 5.82 Å². The number of likely N-dealkylation sites (N-methyl/N-ethyl adjacent to an activating group) is 1. The predicted octanol–water partition coefficient (Wildman–Crippen LogP) is -2.64. The number of hydrogen-bond donors (Lipinski definition) is 7. The van der Waals surface area contributed by atoms with E-state index in [0.29, 0.717) is 0 Å². The van der Waals surface area contributed by atoms with E-state index in [4.69, 9.17) is 35.2 Å². The highest BCUT2D eigenvalue weighted by molar-refractivity contribution is 7.46. The molecular formula is C14H29N4O12P2+. The molecule has 8 N–H and O–H groups in total. The number of nitrogen functional groups attached to an aromatic ring is 1. The van der Waals surface area contributed by atoms with E-state index in [1.165, 1.54) is 6.07 Å². The zero-order chi connectivity index (χ0) is 24.9. The smallest absolute Gasteiger partial charge is 0.391 e. The maximum absolute atomic E-state index is 11.8. The fourth-order valence-corrected chi connectivity index (χ4v) is 3.38. The van der Waals surface area contributed by atoms with Crippen LogP contribution in [0.5, 0.6) is 0 Å². The molecule has 1 aliphatic rings. The molecule has 1 aliphatic heterocycles. The van der Waals surface area contributed by atoms with E-state index in [9.17, 15) is 19.0 Å². The summed E-state index contributed by atoms with van der Waals surface area (Å²) >= 11 is 0. The van der Waals surface area contributed by atoms with Gasteiger partial charge in [0.25, 0.3) is 0 Å². The largest absolute Gasteiger partial charge is 0.470 e. The molecule has 1 saturated heterocycles. The van der Waals surface area contributed by atoms with Crippen molar-refractivity contribution in [3.05, 3.63) is 22.7 Å². The van der Waals surface area contributed by atoms with Crippen LogP contribution < -0.4 is 11.4 Å². The normalized spacial score (nSPS) is 24.2. The van der Waals surface area contributed by atoms with Crippen LogP contribution in [0.3, 0.4) is 0 Å². The third kappa shape index (κ3) is 10.1. The number of aliphatic hydroxyl groups is 2. The minimum Gasteiger partial charge on any atom is -0.391 e. The molecule has 16 nitrogen and oxygen atoms in total. The Morgan fingerprint density at radius 2 is 1.81 bits per heavy atom. The lowest BCUT2D eigenvalue weighted by molar-refractivity contribution is -0.870. The number of nitrogens with two attached hydrogens (primary N) is 1. The first-order valence-corrected chi connectivity index (χ1v) is 12.0. The summed E-state index contributed by atoms with van der Waals surface area (Å²) in [4.78, 5) is 50.5. The average molecular weight is 507 g/mol. The number of phosphoric ester groups is 2. The van der Waals surface area contributed by atoms with Crippen LogP contribution in [-0.2, 0) is 22.9 Å². The zero-order valence-corrected chi connectivity index (χ0v) is 19.3. The van der Waals surface area contributed by atoms with Crippen molar-refractivity contribution in [1.29, 1.82) is 0 Å². The number of ether oxygens (including phenoxy) is 1. The second-order valence-corrected chi connectivity index (χ2v) is 10.1. The molecule has 0 bridgehead atoms. The molecule has 0 spiro atoms. The van der Waals surface area contributed by atoms with Gasteiger partial charge in [0.1, 0.15) is 30.7 Å². The fourth-order valence-electron chi connectivity index (χ4n) is 2.46. The van der Waals surface area contributed by atoms with E-state index in [1.54, 1.807) is 0 Å². The van der Waals surface area contributed by atoms with Gasteiger partial charge < -0.3 is 44.7 Å². The summed E-state index contributed by atoms with van der Waals surface area (Å²) in [5.74, 6) is -0.113. The molecule has 2 rings (SSSR count). The van der Waals surface area contributed by atoms with Gasteiger partial charge >= 0.3 is 21.3 Å². The highest BCUT2D eigenvalue weighted by atomic mass is 31.2. The lowest BCUT2D eigenvalue weighted by atomic mass is 10.1. The summed E-state index contributed by atoms with van der Waals surface area (Å²) in [7, 11) is -3.88. The molecule has 0 amide bonds. The Balaban J connectivity index is 0.000000633. The van der Waals surface area contributed by atoms with Gasteiger partial charge in [0.15, 0.2) is 6.23 Å². The third-order valence-corrected chi connectivity index (χ3v) is 4.88. The van der Waals surface area contributed by atoms with Crippen LogP contribution in [0.1, 0.15) is 6.23 Å². The van der Waals surface area contributed by atoms with E-state index in [0.717, 1.165) is 21.8 Å². The molecule has 18 heteroatoms. The van der Waals surface area contributed by atoms with E-state index in [2.05, 4.69) is 35.2 Å². The van der Waals surface area contributed by atoms with E-state index < -0.39 is 52.5 Å².